The standard InChI is InChI=1S/C23H20ClN3O3S2/c1-3-27-22(28)20(8-9-21-26(2)16-12-14(24)4-7-19(16)31-21)32-23(27)25-15-5-6-17-18(13-15)30-11-10-29-17/h4-9,12-13H,3,10-11H2,1-2H3/b20-8-,21-9+,25-23?. The summed E-state index contributed by atoms with van der Waals surface area (Å²) >= 11 is 9.17. The van der Waals surface area contributed by atoms with E-state index in [1.807, 2.05) is 62.5 Å². The van der Waals surface area contributed by atoms with E-state index in [2.05, 4.69) is 4.90 Å². The number of likely N-dealkylation sites (N-methyl/N-ethyl adjacent to an activating group) is 1. The van der Waals surface area contributed by atoms with Crippen LogP contribution >= 0.6 is 35.1 Å². The smallest absolute Gasteiger partial charge is 0.266 e. The molecule has 0 unspecified atom stereocenters. The van der Waals surface area contributed by atoms with Gasteiger partial charge in [-0.1, -0.05) is 23.4 Å². The minimum Gasteiger partial charge on any atom is -0.486 e. The van der Waals surface area contributed by atoms with Crippen molar-refractivity contribution in [2.24, 2.45) is 4.99 Å². The van der Waals surface area contributed by atoms with Gasteiger partial charge in [0.1, 0.15) is 13.2 Å². The third kappa shape index (κ3) is 3.98. The number of ether oxygens (including phenoxy) is 2. The fourth-order valence-electron chi connectivity index (χ4n) is 3.53. The van der Waals surface area contributed by atoms with Gasteiger partial charge < -0.3 is 14.4 Å². The van der Waals surface area contributed by atoms with Crippen LogP contribution in [-0.4, -0.2) is 42.8 Å². The van der Waals surface area contributed by atoms with Crippen molar-refractivity contribution in [2.45, 2.75) is 11.8 Å². The number of nitrogens with zero attached hydrogens (tertiary/aromatic N) is 3. The molecule has 5 rings (SSSR count). The summed E-state index contributed by atoms with van der Waals surface area (Å²) in [6, 6.07) is 11.4. The Morgan fingerprint density at radius 2 is 1.91 bits per heavy atom. The van der Waals surface area contributed by atoms with Gasteiger partial charge in [0.15, 0.2) is 16.7 Å². The topological polar surface area (TPSA) is 54.4 Å². The third-order valence-electron chi connectivity index (χ3n) is 5.16. The van der Waals surface area contributed by atoms with Crippen molar-refractivity contribution in [3.63, 3.8) is 0 Å². The molecule has 0 aromatic heterocycles. The highest BCUT2D eigenvalue weighted by molar-refractivity contribution is 8.18. The number of thioether (sulfide) groups is 2. The zero-order valence-corrected chi connectivity index (χ0v) is 19.9. The fraction of sp³-hybridized carbons (Fsp3) is 0.217. The summed E-state index contributed by atoms with van der Waals surface area (Å²) in [5, 5.41) is 2.39. The molecule has 3 aliphatic rings. The fourth-order valence-corrected chi connectivity index (χ4v) is 5.73. The van der Waals surface area contributed by atoms with Crippen molar-refractivity contribution in [2.75, 3.05) is 31.7 Å². The summed E-state index contributed by atoms with van der Waals surface area (Å²) in [6.07, 6.45) is 3.84. The number of anilines is 1. The molecular weight excluding hydrogens is 466 g/mol. The quantitative estimate of drug-likeness (QED) is 0.523. The normalized spacial score (nSPS) is 21.2. The predicted molar refractivity (Wildman–Crippen MR) is 131 cm³/mol. The minimum atomic E-state index is -0.0446. The van der Waals surface area contributed by atoms with Crippen LogP contribution < -0.4 is 14.4 Å². The number of benzene rings is 2. The van der Waals surface area contributed by atoms with Crippen LogP contribution in [0.1, 0.15) is 6.92 Å². The lowest BCUT2D eigenvalue weighted by Gasteiger charge is -2.18. The van der Waals surface area contributed by atoms with Crippen LogP contribution in [0.5, 0.6) is 11.5 Å². The number of carbonyl (C=O) groups excluding carboxylic acids is 1. The molecule has 3 aliphatic heterocycles. The molecule has 2 aromatic rings. The highest BCUT2D eigenvalue weighted by Crippen LogP contribution is 2.46. The average molecular weight is 486 g/mol. The second-order valence-corrected chi connectivity index (χ2v) is 9.69. The second kappa shape index (κ2) is 8.77. The number of fused-ring (bicyclic) bond motifs is 2. The Balaban J connectivity index is 1.40. The van der Waals surface area contributed by atoms with Gasteiger partial charge in [-0.15, -0.1) is 0 Å². The molecule has 0 atom stereocenters. The van der Waals surface area contributed by atoms with E-state index < -0.39 is 0 Å². The molecule has 1 fully saturated rings. The van der Waals surface area contributed by atoms with Gasteiger partial charge in [-0.25, -0.2) is 4.99 Å². The van der Waals surface area contributed by atoms with Crippen molar-refractivity contribution in [1.82, 2.24) is 4.90 Å². The number of aliphatic imine (C=N–C) groups is 1. The zero-order valence-electron chi connectivity index (χ0n) is 17.5. The van der Waals surface area contributed by atoms with Crippen molar-refractivity contribution in [1.29, 1.82) is 0 Å². The molecule has 0 N–H and O–H groups in total. The summed E-state index contributed by atoms with van der Waals surface area (Å²) in [7, 11) is 2.00. The molecule has 0 bridgehead atoms. The van der Waals surface area contributed by atoms with E-state index in [-0.39, 0.29) is 5.91 Å². The Kier molecular flexibility index (Phi) is 5.84. The lowest BCUT2D eigenvalue weighted by Crippen LogP contribution is -2.28. The molecule has 1 amide bonds. The number of rotatable bonds is 3. The molecule has 2 aromatic carbocycles. The van der Waals surface area contributed by atoms with Gasteiger partial charge in [-0.3, -0.25) is 9.69 Å². The van der Waals surface area contributed by atoms with E-state index in [0.717, 1.165) is 27.0 Å². The number of halogens is 1. The van der Waals surface area contributed by atoms with E-state index in [1.54, 1.807) is 16.7 Å². The average Bonchev–Trinajstić information content (AvgIpc) is 3.27. The number of hydrogen-bond donors (Lipinski definition) is 0. The van der Waals surface area contributed by atoms with Gasteiger partial charge >= 0.3 is 0 Å². The van der Waals surface area contributed by atoms with Crippen LogP contribution in [0.2, 0.25) is 5.02 Å². The van der Waals surface area contributed by atoms with E-state index in [4.69, 9.17) is 26.1 Å². The van der Waals surface area contributed by atoms with E-state index in [9.17, 15) is 4.79 Å². The number of amidine groups is 1. The first-order valence-corrected chi connectivity index (χ1v) is 12.2. The van der Waals surface area contributed by atoms with E-state index in [1.165, 1.54) is 11.8 Å². The number of allylic oxidation sites excluding steroid dienone is 2. The molecule has 32 heavy (non-hydrogen) atoms. The Morgan fingerprint density at radius 3 is 2.72 bits per heavy atom. The molecular formula is C23H20ClN3O3S2. The van der Waals surface area contributed by atoms with Gasteiger partial charge in [0.05, 0.1) is 21.3 Å². The summed E-state index contributed by atoms with van der Waals surface area (Å²) in [5.74, 6) is 1.35. The summed E-state index contributed by atoms with van der Waals surface area (Å²) in [6.45, 7) is 3.55. The van der Waals surface area contributed by atoms with Crippen LogP contribution in [0.4, 0.5) is 11.4 Å². The molecule has 9 heteroatoms. The van der Waals surface area contributed by atoms with Gasteiger partial charge in [0.25, 0.3) is 5.91 Å². The Morgan fingerprint density at radius 1 is 1.09 bits per heavy atom. The second-order valence-electron chi connectivity index (χ2n) is 7.18. The predicted octanol–water partition coefficient (Wildman–Crippen LogP) is 5.66. The SMILES string of the molecule is CCN1C(=O)/C(=C/C=C2/Sc3ccc(Cl)cc3N2C)SC1=Nc1ccc2c(c1)OCCO2. The number of amides is 1. The highest BCUT2D eigenvalue weighted by atomic mass is 35.5. The maximum atomic E-state index is 13.0. The molecule has 0 spiro atoms. The Labute approximate surface area is 199 Å². The van der Waals surface area contributed by atoms with E-state index >= 15 is 0 Å². The molecule has 0 saturated carbocycles. The van der Waals surface area contributed by atoms with Crippen molar-refractivity contribution in [3.05, 3.63) is 63.5 Å². The Hall–Kier alpha value is -2.55. The van der Waals surface area contributed by atoms with Gasteiger partial charge in [0, 0.05) is 29.6 Å². The summed E-state index contributed by atoms with van der Waals surface area (Å²) in [4.78, 5) is 23.2. The number of hydrogen-bond acceptors (Lipinski definition) is 7. The highest BCUT2D eigenvalue weighted by Gasteiger charge is 2.32. The maximum Gasteiger partial charge on any atom is 0.266 e. The van der Waals surface area contributed by atoms with Crippen molar-refractivity contribution in [3.8, 4) is 11.5 Å². The van der Waals surface area contributed by atoms with Crippen LogP contribution in [0, 0.1) is 0 Å². The summed E-state index contributed by atoms with van der Waals surface area (Å²) < 4.78 is 11.2. The van der Waals surface area contributed by atoms with Crippen LogP contribution in [0.25, 0.3) is 0 Å². The third-order valence-corrected chi connectivity index (χ3v) is 7.60. The largest absolute Gasteiger partial charge is 0.486 e. The first-order chi connectivity index (χ1) is 15.5. The van der Waals surface area contributed by atoms with Gasteiger partial charge in [-0.05, 0) is 61.2 Å². The lowest BCUT2D eigenvalue weighted by atomic mass is 10.2. The van der Waals surface area contributed by atoms with Gasteiger partial charge in [0.2, 0.25) is 0 Å². The Bertz CT molecular complexity index is 1200. The minimum absolute atomic E-state index is 0.0446. The monoisotopic (exact) mass is 485 g/mol. The van der Waals surface area contributed by atoms with Crippen molar-refractivity contribution >= 4 is 57.6 Å². The molecule has 1 saturated heterocycles. The first kappa shape index (κ1) is 21.3. The molecule has 3 heterocycles. The van der Waals surface area contributed by atoms with Crippen molar-refractivity contribution < 1.29 is 14.3 Å². The molecule has 0 aliphatic carbocycles. The van der Waals surface area contributed by atoms with Crippen LogP contribution in [0.3, 0.4) is 0 Å². The van der Waals surface area contributed by atoms with Crippen LogP contribution in [0.15, 0.2) is 68.4 Å². The van der Waals surface area contributed by atoms with Gasteiger partial charge in [-0.2, -0.15) is 0 Å². The molecule has 0 radical (unpaired) electrons. The zero-order chi connectivity index (χ0) is 22.2. The lowest BCUT2D eigenvalue weighted by molar-refractivity contribution is -0.122. The van der Waals surface area contributed by atoms with E-state index in [0.29, 0.717) is 40.6 Å². The van der Waals surface area contributed by atoms with Crippen LogP contribution in [-0.2, 0) is 4.79 Å². The molecule has 164 valence electrons. The number of carbonyl (C=O) groups is 1. The summed E-state index contributed by atoms with van der Waals surface area (Å²) in [5.41, 5.74) is 1.79. The first-order valence-electron chi connectivity index (χ1n) is 10.1. The maximum absolute atomic E-state index is 13.0. The molecule has 6 nitrogen and oxygen atoms in total.